The lowest BCUT2D eigenvalue weighted by Crippen LogP contribution is -2.60. The van der Waals surface area contributed by atoms with Gasteiger partial charge in [-0.3, -0.25) is 19.2 Å². The van der Waals surface area contributed by atoms with E-state index in [-0.39, 0.29) is 73.7 Å². The van der Waals surface area contributed by atoms with E-state index < -0.39 is 77.8 Å². The van der Waals surface area contributed by atoms with Gasteiger partial charge in [0.25, 0.3) is 11.7 Å². The van der Waals surface area contributed by atoms with Crippen LogP contribution in [0, 0.1) is 29.6 Å². The molecule has 1 aliphatic carbocycles. The maximum Gasteiger partial charge on any atom is 0.329 e. The molecule has 0 bridgehead atoms. The fourth-order valence-electron chi connectivity index (χ4n) is 9.82. The minimum absolute atomic E-state index is 0.0456. The number of ether oxygens (including phenoxy) is 5. The molecule has 0 radical (unpaired) electrons. The molecule has 2 saturated heterocycles. The molecular weight excluding hydrogens is 867 g/mol. The van der Waals surface area contributed by atoms with Crippen molar-refractivity contribution < 1.29 is 72.6 Å². The predicted molar refractivity (Wildman–Crippen MR) is 248 cm³/mol. The second-order valence-electron chi connectivity index (χ2n) is 19.4. The lowest BCUT2D eigenvalue weighted by atomic mass is 9.78. The summed E-state index contributed by atoms with van der Waals surface area (Å²) in [5, 5.41) is 33.6. The molecule has 1 saturated carbocycles. The number of allylic oxidation sites excluding steroid dienone is 4. The first-order valence-electron chi connectivity index (χ1n) is 24.1. The topological polar surface area (TPSA) is 230 Å². The number of likely N-dealkylation sites (tertiary alicyclic amines) is 1. The molecule has 2 aliphatic heterocycles. The summed E-state index contributed by atoms with van der Waals surface area (Å²) in [5.41, 5.74) is 1.80. The molecular formula is C51H79NO15. The molecule has 0 aromatic rings. The highest BCUT2D eigenvalue weighted by Crippen LogP contribution is 2.38. The summed E-state index contributed by atoms with van der Waals surface area (Å²) in [5.74, 6) is -8.05. The van der Waals surface area contributed by atoms with Crippen LogP contribution >= 0.6 is 0 Å². The van der Waals surface area contributed by atoms with E-state index in [1.54, 1.807) is 53.9 Å². The van der Waals surface area contributed by atoms with Gasteiger partial charge in [0.05, 0.1) is 37.3 Å². The summed E-state index contributed by atoms with van der Waals surface area (Å²) in [6, 6.07) is -1.19. The quantitative estimate of drug-likeness (QED) is 0.0243. The molecule has 67 heavy (non-hydrogen) atoms. The van der Waals surface area contributed by atoms with Crippen molar-refractivity contribution in [1.29, 1.82) is 0 Å². The summed E-state index contributed by atoms with van der Waals surface area (Å²) in [7, 11) is 4.34. The third kappa shape index (κ3) is 15.8. The van der Waals surface area contributed by atoms with Crippen molar-refractivity contribution in [3.8, 4) is 0 Å². The highest BCUT2D eigenvalue weighted by atomic mass is 16.6. The fourth-order valence-corrected chi connectivity index (χ4v) is 9.82. The number of aldehydes is 2. The van der Waals surface area contributed by atoms with Crippen LogP contribution in [-0.2, 0) is 57.2 Å². The third-order valence-corrected chi connectivity index (χ3v) is 14.2. The van der Waals surface area contributed by atoms with E-state index in [9.17, 15) is 48.9 Å². The van der Waals surface area contributed by atoms with Crippen molar-refractivity contribution in [3.05, 3.63) is 34.6 Å². The van der Waals surface area contributed by atoms with Crippen LogP contribution in [0.1, 0.15) is 138 Å². The summed E-state index contributed by atoms with van der Waals surface area (Å²) in [6.07, 6.45) is 4.71. The largest absolute Gasteiger partial charge is 0.501 e. The number of ketones is 3. The number of methoxy groups -OCH3 is 3. The molecule has 0 aromatic heterocycles. The van der Waals surface area contributed by atoms with E-state index in [4.69, 9.17) is 23.7 Å². The number of carbonyl (C=O) groups is 7. The van der Waals surface area contributed by atoms with Crippen molar-refractivity contribution in [1.82, 2.24) is 4.90 Å². The Labute approximate surface area is 397 Å². The Morgan fingerprint density at radius 2 is 1.63 bits per heavy atom. The average molecular weight is 946 g/mol. The summed E-state index contributed by atoms with van der Waals surface area (Å²) < 4.78 is 28.7. The zero-order valence-electron chi connectivity index (χ0n) is 41.5. The van der Waals surface area contributed by atoms with E-state index in [0.29, 0.717) is 69.1 Å². The maximum absolute atomic E-state index is 14.4. The molecule has 3 rings (SSSR count). The van der Waals surface area contributed by atoms with Gasteiger partial charge in [-0.2, -0.15) is 0 Å². The number of amides is 1. The van der Waals surface area contributed by atoms with E-state index >= 15 is 0 Å². The molecule has 16 nitrogen and oxygen atoms in total. The Morgan fingerprint density at radius 3 is 2.25 bits per heavy atom. The number of aliphatic hydroxyl groups excluding tert-OH is 2. The lowest BCUT2D eigenvalue weighted by Gasteiger charge is -2.42. The van der Waals surface area contributed by atoms with Crippen LogP contribution in [0.3, 0.4) is 0 Å². The molecule has 2 heterocycles. The number of carbonyl (C=O) groups excluding carboxylic acids is 7. The van der Waals surface area contributed by atoms with Gasteiger partial charge in [0.1, 0.15) is 30.8 Å². The van der Waals surface area contributed by atoms with Crippen LogP contribution < -0.4 is 0 Å². The Morgan fingerprint density at radius 1 is 0.925 bits per heavy atom. The maximum atomic E-state index is 14.4. The second kappa shape index (κ2) is 27.3. The smallest absolute Gasteiger partial charge is 0.329 e. The monoisotopic (exact) mass is 946 g/mol. The van der Waals surface area contributed by atoms with Gasteiger partial charge in [0.2, 0.25) is 5.79 Å². The van der Waals surface area contributed by atoms with Gasteiger partial charge in [0.15, 0.2) is 11.6 Å². The van der Waals surface area contributed by atoms with Crippen molar-refractivity contribution in [2.45, 2.75) is 187 Å². The summed E-state index contributed by atoms with van der Waals surface area (Å²) >= 11 is 0. The van der Waals surface area contributed by atoms with E-state index in [1.807, 2.05) is 13.8 Å². The number of hydrogen-bond acceptors (Lipinski definition) is 15. The van der Waals surface area contributed by atoms with Crippen molar-refractivity contribution in [2.24, 2.45) is 29.6 Å². The van der Waals surface area contributed by atoms with Crippen LogP contribution in [0.5, 0.6) is 0 Å². The van der Waals surface area contributed by atoms with Gasteiger partial charge in [0, 0.05) is 64.2 Å². The van der Waals surface area contributed by atoms with Crippen LogP contribution in [0.4, 0.5) is 0 Å². The number of Topliss-reactive ketones (excluding diaryl/α,β-unsaturated/α-hetero) is 3. The number of rotatable bonds is 26. The van der Waals surface area contributed by atoms with E-state index in [1.165, 1.54) is 14.2 Å². The molecule has 13 atom stereocenters. The molecule has 16 heteroatoms. The molecule has 378 valence electrons. The minimum Gasteiger partial charge on any atom is -0.501 e. The van der Waals surface area contributed by atoms with Gasteiger partial charge >= 0.3 is 5.97 Å². The van der Waals surface area contributed by atoms with Gasteiger partial charge in [-0.05, 0) is 108 Å². The Balaban J connectivity index is 1.86. The Bertz CT molecular complexity index is 1810. The average Bonchev–Trinajstić information content (AvgIpc) is 3.30. The lowest BCUT2D eigenvalue weighted by molar-refractivity contribution is -0.263. The van der Waals surface area contributed by atoms with Crippen LogP contribution in [0.15, 0.2) is 34.6 Å². The molecule has 3 N–H and O–H groups in total. The molecule has 3 fully saturated rings. The second-order valence-corrected chi connectivity index (χ2v) is 19.4. The Kier molecular flexibility index (Phi) is 23.4. The number of aliphatic hydroxyl groups is 3. The van der Waals surface area contributed by atoms with Crippen molar-refractivity contribution in [3.63, 3.8) is 0 Å². The van der Waals surface area contributed by atoms with Gasteiger partial charge in [-0.15, -0.1) is 0 Å². The molecule has 0 aromatic carbocycles. The number of nitrogens with zero attached hydrogens (tertiary/aromatic N) is 1. The summed E-state index contributed by atoms with van der Waals surface area (Å²) in [4.78, 5) is 93.2. The number of piperidine rings is 1. The normalized spacial score (nSPS) is 28.2. The van der Waals surface area contributed by atoms with Crippen LogP contribution in [-0.4, -0.2) is 138 Å². The van der Waals surface area contributed by atoms with E-state index in [2.05, 4.69) is 0 Å². The summed E-state index contributed by atoms with van der Waals surface area (Å²) in [6.45, 7) is 12.1. The highest BCUT2D eigenvalue weighted by Gasteiger charge is 2.53. The van der Waals surface area contributed by atoms with Crippen LogP contribution in [0.25, 0.3) is 0 Å². The zero-order valence-corrected chi connectivity index (χ0v) is 41.5. The van der Waals surface area contributed by atoms with Crippen LogP contribution in [0.2, 0.25) is 0 Å². The van der Waals surface area contributed by atoms with E-state index in [0.717, 1.165) is 23.0 Å². The molecule has 2 unspecified atom stereocenters. The highest BCUT2D eigenvalue weighted by molar-refractivity contribution is 6.39. The van der Waals surface area contributed by atoms with Gasteiger partial charge in [-0.25, -0.2) is 4.79 Å². The predicted octanol–water partition coefficient (Wildman–Crippen LogP) is 5.50. The van der Waals surface area contributed by atoms with Gasteiger partial charge < -0.3 is 53.5 Å². The SMILES string of the molecule is COC(C[C@@H]1CC[C@@H](C)[C@](O)(C(=O)C(=O)N2CCCC[C@H]2C(=O)O[C@@H](CC(=O)C(C)=CC(C)[C@@H](O)C(OC)C(=O)[C@H](C)CC(C)=CCC=O)[C@H](C)C[C@@H]2CC[C@@H](O)[C@H](OC)C2)O1)=C(C)CC=O. The number of esters is 1. The Hall–Kier alpha value is -3.93. The zero-order chi connectivity index (χ0) is 50.2. The first kappa shape index (κ1) is 57.4. The first-order valence-corrected chi connectivity index (χ1v) is 24.1. The fraction of sp³-hybridized carbons (Fsp3) is 0.745. The van der Waals surface area contributed by atoms with Crippen molar-refractivity contribution >= 4 is 41.8 Å². The molecule has 1 amide bonds. The van der Waals surface area contributed by atoms with Gasteiger partial charge in [-0.1, -0.05) is 45.4 Å². The first-order chi connectivity index (χ1) is 31.7. The standard InChI is InChI=1S/C51H79NO15/c1-30(14-13-22-53)24-34(5)45(57)47(65-10)46(58)35(6)25-32(3)41(56)29-43(33(4)26-37-17-19-40(55)44(27-37)64-9)66-50(61)39-15-11-12-21-52(39)49(60)48(59)51(62)36(7)16-18-38(67-51)28-42(63-8)31(2)20-23-54/h14,22-23,25,33-40,43-44,46-47,55,58,62H,11-13,15-21,24,26-29H2,1-10H3/t33-,34-,35?,36-,37+,38+,39+,40-,43+,44-,46-,47?,51-/m1/s1. The minimum atomic E-state index is -2.49. The molecule has 0 spiro atoms. The molecule has 3 aliphatic rings. The third-order valence-electron chi connectivity index (χ3n) is 14.2. The van der Waals surface area contributed by atoms with Crippen molar-refractivity contribution in [2.75, 3.05) is 27.9 Å². The number of hydrogen-bond donors (Lipinski definition) is 3.